The number of nitriles is 1. The van der Waals surface area contributed by atoms with E-state index in [1.165, 1.54) is 11.8 Å². The Kier molecular flexibility index (Phi) is 4.31. The van der Waals surface area contributed by atoms with E-state index in [4.69, 9.17) is 10.00 Å². The minimum atomic E-state index is 0.621. The summed E-state index contributed by atoms with van der Waals surface area (Å²) in [7, 11) is 1.64. The lowest BCUT2D eigenvalue weighted by atomic mass is 10.2. The molecule has 0 aliphatic rings. The smallest absolute Gasteiger partial charge is 0.195 e. The number of rotatable bonds is 4. The molecule has 0 unspecified atom stereocenters. The number of ether oxygens (including phenoxy) is 1. The average molecular weight is 322 g/mol. The number of thioether (sulfide) groups is 1. The van der Waals surface area contributed by atoms with Crippen LogP contribution in [0.2, 0.25) is 0 Å². The Bertz CT molecular complexity index is 865. The summed E-state index contributed by atoms with van der Waals surface area (Å²) in [5.41, 5.74) is 2.45. The third-order valence-electron chi connectivity index (χ3n) is 3.40. The SMILES string of the molecule is COc1cccc(-c2nnc(SC)n2-c2ccc(C#N)cc2)c1. The van der Waals surface area contributed by atoms with Crippen molar-refractivity contribution in [3.63, 3.8) is 0 Å². The minimum absolute atomic E-state index is 0.621. The highest BCUT2D eigenvalue weighted by Crippen LogP contribution is 2.28. The Morgan fingerprint density at radius 2 is 1.91 bits per heavy atom. The number of aromatic nitrogens is 3. The zero-order valence-corrected chi connectivity index (χ0v) is 13.5. The topological polar surface area (TPSA) is 63.7 Å². The molecule has 0 N–H and O–H groups in total. The molecular formula is C17H14N4OS. The van der Waals surface area contributed by atoms with Crippen LogP contribution >= 0.6 is 11.8 Å². The number of hydrogen-bond donors (Lipinski definition) is 0. The van der Waals surface area contributed by atoms with Gasteiger partial charge < -0.3 is 4.74 Å². The fraction of sp³-hybridized carbons (Fsp3) is 0.118. The Hall–Kier alpha value is -2.78. The van der Waals surface area contributed by atoms with E-state index in [0.717, 1.165) is 28.0 Å². The van der Waals surface area contributed by atoms with E-state index in [1.54, 1.807) is 19.2 Å². The molecule has 0 amide bonds. The number of nitrogens with zero attached hydrogens (tertiary/aromatic N) is 4. The van der Waals surface area contributed by atoms with Crippen LogP contribution in [0.1, 0.15) is 5.56 Å². The number of methoxy groups -OCH3 is 1. The molecule has 6 heteroatoms. The normalized spacial score (nSPS) is 10.3. The van der Waals surface area contributed by atoms with Crippen LogP contribution < -0.4 is 4.74 Å². The van der Waals surface area contributed by atoms with Gasteiger partial charge in [-0.1, -0.05) is 23.9 Å². The quantitative estimate of drug-likeness (QED) is 0.688. The van der Waals surface area contributed by atoms with Crippen LogP contribution in [0.5, 0.6) is 5.75 Å². The van der Waals surface area contributed by atoms with Crippen LogP contribution in [0.3, 0.4) is 0 Å². The zero-order chi connectivity index (χ0) is 16.2. The second-order valence-electron chi connectivity index (χ2n) is 4.74. The van der Waals surface area contributed by atoms with Gasteiger partial charge in [0.15, 0.2) is 11.0 Å². The van der Waals surface area contributed by atoms with Gasteiger partial charge in [-0.05, 0) is 42.7 Å². The van der Waals surface area contributed by atoms with E-state index in [0.29, 0.717) is 5.56 Å². The molecule has 0 aliphatic carbocycles. The maximum Gasteiger partial charge on any atom is 0.195 e. The van der Waals surface area contributed by atoms with Gasteiger partial charge in [0.2, 0.25) is 0 Å². The van der Waals surface area contributed by atoms with Crippen molar-refractivity contribution in [3.8, 4) is 28.9 Å². The molecule has 114 valence electrons. The van der Waals surface area contributed by atoms with Crippen LogP contribution in [0, 0.1) is 11.3 Å². The Morgan fingerprint density at radius 1 is 1.13 bits per heavy atom. The van der Waals surface area contributed by atoms with Crippen LogP contribution in [-0.2, 0) is 0 Å². The maximum atomic E-state index is 8.95. The molecule has 3 rings (SSSR count). The van der Waals surface area contributed by atoms with E-state index in [1.807, 2.05) is 47.2 Å². The molecule has 23 heavy (non-hydrogen) atoms. The fourth-order valence-electron chi connectivity index (χ4n) is 2.27. The molecule has 0 aliphatic heterocycles. The van der Waals surface area contributed by atoms with Gasteiger partial charge in [0, 0.05) is 11.3 Å². The lowest BCUT2D eigenvalue weighted by Gasteiger charge is -2.10. The molecule has 0 saturated heterocycles. The first-order valence-corrected chi connectivity index (χ1v) is 8.13. The van der Waals surface area contributed by atoms with Gasteiger partial charge in [-0.3, -0.25) is 4.57 Å². The Labute approximate surface area is 138 Å². The van der Waals surface area contributed by atoms with Crippen LogP contribution in [0.4, 0.5) is 0 Å². The molecule has 1 aromatic heterocycles. The summed E-state index contributed by atoms with van der Waals surface area (Å²) in [6.07, 6.45) is 1.96. The van der Waals surface area contributed by atoms with Crippen molar-refractivity contribution in [2.24, 2.45) is 0 Å². The van der Waals surface area contributed by atoms with Crippen molar-refractivity contribution >= 4 is 11.8 Å². The van der Waals surface area contributed by atoms with E-state index < -0.39 is 0 Å². The largest absolute Gasteiger partial charge is 0.497 e. The standard InChI is InChI=1S/C17H14N4OS/c1-22-15-5-3-4-13(10-15)16-19-20-17(23-2)21(16)14-8-6-12(11-18)7-9-14/h3-10H,1-2H3. The first-order chi connectivity index (χ1) is 11.3. The summed E-state index contributed by atoms with van der Waals surface area (Å²) in [5, 5.41) is 18.3. The van der Waals surface area contributed by atoms with Gasteiger partial charge in [0.25, 0.3) is 0 Å². The highest BCUT2D eigenvalue weighted by Gasteiger charge is 2.15. The lowest BCUT2D eigenvalue weighted by molar-refractivity contribution is 0.415. The highest BCUT2D eigenvalue weighted by molar-refractivity contribution is 7.98. The summed E-state index contributed by atoms with van der Waals surface area (Å²) in [4.78, 5) is 0. The van der Waals surface area contributed by atoms with E-state index in [2.05, 4.69) is 16.3 Å². The van der Waals surface area contributed by atoms with Gasteiger partial charge in [-0.25, -0.2) is 0 Å². The number of hydrogen-bond acceptors (Lipinski definition) is 5. The molecule has 3 aromatic rings. The minimum Gasteiger partial charge on any atom is -0.497 e. The molecule has 0 saturated carbocycles. The van der Waals surface area contributed by atoms with Crippen molar-refractivity contribution < 1.29 is 4.74 Å². The van der Waals surface area contributed by atoms with Gasteiger partial charge >= 0.3 is 0 Å². The summed E-state index contributed by atoms with van der Waals surface area (Å²) in [6, 6.07) is 17.2. The fourth-order valence-corrected chi connectivity index (χ4v) is 2.77. The predicted octanol–water partition coefficient (Wildman–Crippen LogP) is 3.54. The third-order valence-corrected chi connectivity index (χ3v) is 4.03. The van der Waals surface area contributed by atoms with E-state index in [-0.39, 0.29) is 0 Å². The van der Waals surface area contributed by atoms with Crippen LogP contribution in [0.15, 0.2) is 53.7 Å². The molecular weight excluding hydrogens is 308 g/mol. The third kappa shape index (κ3) is 2.91. The van der Waals surface area contributed by atoms with Crippen molar-refractivity contribution in [1.29, 1.82) is 5.26 Å². The van der Waals surface area contributed by atoms with Crippen LogP contribution in [0.25, 0.3) is 17.1 Å². The molecule has 0 spiro atoms. The van der Waals surface area contributed by atoms with Gasteiger partial charge in [0.1, 0.15) is 5.75 Å². The summed E-state index contributed by atoms with van der Waals surface area (Å²) in [6.45, 7) is 0. The lowest BCUT2D eigenvalue weighted by Crippen LogP contribution is -1.99. The molecule has 2 aromatic carbocycles. The van der Waals surface area contributed by atoms with E-state index in [9.17, 15) is 0 Å². The first-order valence-electron chi connectivity index (χ1n) is 6.91. The maximum absolute atomic E-state index is 8.95. The summed E-state index contributed by atoms with van der Waals surface area (Å²) >= 11 is 1.52. The monoisotopic (exact) mass is 322 g/mol. The first kappa shape index (κ1) is 15.1. The second-order valence-corrected chi connectivity index (χ2v) is 5.51. The van der Waals surface area contributed by atoms with Crippen molar-refractivity contribution in [2.45, 2.75) is 5.16 Å². The van der Waals surface area contributed by atoms with Gasteiger partial charge in [-0.15, -0.1) is 10.2 Å². The highest BCUT2D eigenvalue weighted by atomic mass is 32.2. The predicted molar refractivity (Wildman–Crippen MR) is 89.8 cm³/mol. The van der Waals surface area contributed by atoms with Crippen LogP contribution in [-0.4, -0.2) is 28.1 Å². The molecule has 1 heterocycles. The molecule has 0 bridgehead atoms. The van der Waals surface area contributed by atoms with Crippen molar-refractivity contribution in [3.05, 3.63) is 54.1 Å². The Morgan fingerprint density at radius 3 is 2.57 bits per heavy atom. The molecule has 0 atom stereocenters. The summed E-state index contributed by atoms with van der Waals surface area (Å²) in [5.74, 6) is 1.50. The average Bonchev–Trinajstić information content (AvgIpc) is 3.06. The van der Waals surface area contributed by atoms with Gasteiger partial charge in [0.05, 0.1) is 18.7 Å². The zero-order valence-electron chi connectivity index (χ0n) is 12.7. The van der Waals surface area contributed by atoms with Crippen molar-refractivity contribution in [1.82, 2.24) is 14.8 Å². The molecule has 0 fully saturated rings. The molecule has 0 radical (unpaired) electrons. The second kappa shape index (κ2) is 6.55. The van der Waals surface area contributed by atoms with Gasteiger partial charge in [-0.2, -0.15) is 5.26 Å². The number of benzene rings is 2. The summed E-state index contributed by atoms with van der Waals surface area (Å²) < 4.78 is 7.26. The molecule has 5 nitrogen and oxygen atoms in total. The van der Waals surface area contributed by atoms with Crippen molar-refractivity contribution in [2.75, 3.05) is 13.4 Å². The van der Waals surface area contributed by atoms with E-state index >= 15 is 0 Å². The Balaban J connectivity index is 2.15.